The van der Waals surface area contributed by atoms with Gasteiger partial charge >= 0.3 is 0 Å². The molecule has 0 aromatic carbocycles. The highest BCUT2D eigenvalue weighted by Crippen LogP contribution is 2.16. The Hall–Kier alpha value is -1.27. The van der Waals surface area contributed by atoms with Gasteiger partial charge in [0.1, 0.15) is 0 Å². The summed E-state index contributed by atoms with van der Waals surface area (Å²) in [7, 11) is 0. The van der Waals surface area contributed by atoms with Gasteiger partial charge in [0.15, 0.2) is 0 Å². The molecule has 1 amide bonds. The first-order chi connectivity index (χ1) is 6.24. The number of hydrogen-bond donors (Lipinski definition) is 1. The first-order valence-corrected chi connectivity index (χ1v) is 4.95. The SMILES string of the molecule is C#CC(=O)NCC(C)c1ccsc1. The van der Waals surface area contributed by atoms with Gasteiger partial charge < -0.3 is 5.32 Å². The van der Waals surface area contributed by atoms with Crippen molar-refractivity contribution < 1.29 is 4.79 Å². The van der Waals surface area contributed by atoms with Crippen molar-refractivity contribution in [2.45, 2.75) is 12.8 Å². The number of terminal acetylenes is 1. The molecule has 1 aromatic heterocycles. The zero-order valence-corrected chi connectivity index (χ0v) is 8.23. The van der Waals surface area contributed by atoms with Crippen LogP contribution in [0.4, 0.5) is 0 Å². The molecule has 0 radical (unpaired) electrons. The van der Waals surface area contributed by atoms with Crippen molar-refractivity contribution in [3.05, 3.63) is 22.4 Å². The molecule has 0 fully saturated rings. The summed E-state index contributed by atoms with van der Waals surface area (Å²) in [6.45, 7) is 2.65. The van der Waals surface area contributed by atoms with Crippen LogP contribution in [0.3, 0.4) is 0 Å². The molecule has 0 spiro atoms. The molecule has 1 atom stereocenters. The first-order valence-electron chi connectivity index (χ1n) is 4.00. The van der Waals surface area contributed by atoms with Crippen molar-refractivity contribution in [1.29, 1.82) is 0 Å². The Bertz CT molecular complexity index is 310. The fourth-order valence-corrected chi connectivity index (χ4v) is 1.75. The molecule has 0 saturated heterocycles. The molecule has 2 nitrogen and oxygen atoms in total. The van der Waals surface area contributed by atoms with Crippen LogP contribution in [-0.2, 0) is 4.79 Å². The average molecular weight is 193 g/mol. The van der Waals surface area contributed by atoms with E-state index in [1.807, 2.05) is 11.3 Å². The van der Waals surface area contributed by atoms with E-state index in [0.29, 0.717) is 12.5 Å². The number of carbonyl (C=O) groups is 1. The molecule has 68 valence electrons. The van der Waals surface area contributed by atoms with E-state index in [2.05, 4.69) is 23.7 Å². The smallest absolute Gasteiger partial charge is 0.295 e. The summed E-state index contributed by atoms with van der Waals surface area (Å²) in [6.07, 6.45) is 4.92. The van der Waals surface area contributed by atoms with E-state index in [-0.39, 0.29) is 5.91 Å². The second-order valence-corrected chi connectivity index (χ2v) is 3.59. The summed E-state index contributed by atoms with van der Waals surface area (Å²) in [5.74, 6) is 2.00. The third kappa shape index (κ3) is 2.92. The Morgan fingerprint density at radius 3 is 3.15 bits per heavy atom. The molecule has 1 N–H and O–H groups in total. The van der Waals surface area contributed by atoms with Gasteiger partial charge in [-0.2, -0.15) is 11.3 Å². The van der Waals surface area contributed by atoms with Crippen LogP contribution >= 0.6 is 11.3 Å². The minimum atomic E-state index is -0.345. The Labute approximate surface area is 82.0 Å². The minimum absolute atomic E-state index is 0.323. The van der Waals surface area contributed by atoms with E-state index in [4.69, 9.17) is 6.42 Å². The lowest BCUT2D eigenvalue weighted by Gasteiger charge is -2.08. The molecule has 13 heavy (non-hydrogen) atoms. The molecule has 3 heteroatoms. The maximum atomic E-state index is 10.7. The molecule has 0 bridgehead atoms. The second kappa shape index (κ2) is 4.68. The van der Waals surface area contributed by atoms with Crippen molar-refractivity contribution in [3.8, 4) is 12.3 Å². The monoisotopic (exact) mass is 193 g/mol. The molecule has 1 rings (SSSR count). The van der Waals surface area contributed by atoms with Gasteiger partial charge in [-0.15, -0.1) is 6.42 Å². The predicted molar refractivity (Wildman–Crippen MR) is 54.6 cm³/mol. The Kier molecular flexibility index (Phi) is 3.53. The average Bonchev–Trinajstić information content (AvgIpc) is 2.66. The van der Waals surface area contributed by atoms with Gasteiger partial charge in [0.25, 0.3) is 5.91 Å². The normalized spacial score (nSPS) is 11.7. The Morgan fingerprint density at radius 2 is 2.62 bits per heavy atom. The van der Waals surface area contributed by atoms with Crippen molar-refractivity contribution in [2.24, 2.45) is 0 Å². The van der Waals surface area contributed by atoms with E-state index in [0.717, 1.165) is 0 Å². The van der Waals surface area contributed by atoms with Crippen LogP contribution in [0.25, 0.3) is 0 Å². The summed E-state index contributed by atoms with van der Waals surface area (Å²) in [5.41, 5.74) is 1.24. The van der Waals surface area contributed by atoms with Crippen molar-refractivity contribution in [1.82, 2.24) is 5.32 Å². The largest absolute Gasteiger partial charge is 0.345 e. The fraction of sp³-hybridized carbons (Fsp3) is 0.300. The van der Waals surface area contributed by atoms with E-state index in [1.54, 1.807) is 11.3 Å². The molecule has 0 aliphatic rings. The molecular formula is C10H11NOS. The van der Waals surface area contributed by atoms with Gasteiger partial charge in [-0.1, -0.05) is 6.92 Å². The third-order valence-corrected chi connectivity index (χ3v) is 2.51. The van der Waals surface area contributed by atoms with Crippen LogP contribution in [0.1, 0.15) is 18.4 Å². The maximum Gasteiger partial charge on any atom is 0.295 e. The molecular weight excluding hydrogens is 182 g/mol. The van der Waals surface area contributed by atoms with Crippen LogP contribution in [0.5, 0.6) is 0 Å². The maximum absolute atomic E-state index is 10.7. The van der Waals surface area contributed by atoms with Crippen LogP contribution < -0.4 is 5.32 Å². The number of nitrogens with one attached hydrogen (secondary N) is 1. The highest BCUT2D eigenvalue weighted by molar-refractivity contribution is 7.07. The van der Waals surface area contributed by atoms with Crippen LogP contribution in [0.2, 0.25) is 0 Å². The van der Waals surface area contributed by atoms with E-state index >= 15 is 0 Å². The minimum Gasteiger partial charge on any atom is -0.345 e. The summed E-state index contributed by atoms with van der Waals surface area (Å²) in [6, 6.07) is 2.05. The van der Waals surface area contributed by atoms with Gasteiger partial charge in [-0.25, -0.2) is 0 Å². The zero-order chi connectivity index (χ0) is 9.68. The molecule has 0 saturated carbocycles. The van der Waals surface area contributed by atoms with Crippen LogP contribution in [0, 0.1) is 12.3 Å². The number of rotatable bonds is 3. The number of amides is 1. The highest BCUT2D eigenvalue weighted by Gasteiger charge is 2.06. The summed E-state index contributed by atoms with van der Waals surface area (Å²) >= 11 is 1.65. The molecule has 0 aliphatic heterocycles. The Balaban J connectivity index is 2.39. The third-order valence-electron chi connectivity index (χ3n) is 1.81. The lowest BCUT2D eigenvalue weighted by molar-refractivity contribution is -0.115. The summed E-state index contributed by atoms with van der Waals surface area (Å²) in [5, 5.41) is 6.75. The second-order valence-electron chi connectivity index (χ2n) is 2.81. The summed E-state index contributed by atoms with van der Waals surface area (Å²) in [4.78, 5) is 10.7. The van der Waals surface area contributed by atoms with Crippen molar-refractivity contribution in [2.75, 3.05) is 6.54 Å². The van der Waals surface area contributed by atoms with Gasteiger partial charge in [0.05, 0.1) is 0 Å². The zero-order valence-electron chi connectivity index (χ0n) is 7.41. The van der Waals surface area contributed by atoms with E-state index in [1.165, 1.54) is 5.56 Å². The number of thiophene rings is 1. The van der Waals surface area contributed by atoms with Gasteiger partial charge in [-0.3, -0.25) is 4.79 Å². The first kappa shape index (κ1) is 9.82. The van der Waals surface area contributed by atoms with E-state index in [9.17, 15) is 4.79 Å². The van der Waals surface area contributed by atoms with Crippen LogP contribution in [-0.4, -0.2) is 12.5 Å². The van der Waals surface area contributed by atoms with Crippen LogP contribution in [0.15, 0.2) is 16.8 Å². The predicted octanol–water partition coefficient (Wildman–Crippen LogP) is 1.60. The number of hydrogen-bond acceptors (Lipinski definition) is 2. The van der Waals surface area contributed by atoms with Gasteiger partial charge in [0, 0.05) is 6.54 Å². The lowest BCUT2D eigenvalue weighted by Crippen LogP contribution is -2.25. The van der Waals surface area contributed by atoms with Crippen molar-refractivity contribution >= 4 is 17.2 Å². The fourth-order valence-electron chi connectivity index (χ4n) is 0.970. The Morgan fingerprint density at radius 1 is 1.85 bits per heavy atom. The molecule has 1 aromatic rings. The highest BCUT2D eigenvalue weighted by atomic mass is 32.1. The van der Waals surface area contributed by atoms with Gasteiger partial charge in [-0.05, 0) is 34.2 Å². The van der Waals surface area contributed by atoms with E-state index < -0.39 is 0 Å². The number of carbonyl (C=O) groups excluding carboxylic acids is 1. The molecule has 1 unspecified atom stereocenters. The lowest BCUT2D eigenvalue weighted by atomic mass is 10.1. The summed E-state index contributed by atoms with van der Waals surface area (Å²) < 4.78 is 0. The van der Waals surface area contributed by atoms with Gasteiger partial charge in [0.2, 0.25) is 0 Å². The molecule has 1 heterocycles. The standard InChI is InChI=1S/C10H11NOS/c1-3-10(12)11-6-8(2)9-4-5-13-7-9/h1,4-5,7-8H,6H2,2H3,(H,11,12). The quantitative estimate of drug-likeness (QED) is 0.726. The van der Waals surface area contributed by atoms with Crippen molar-refractivity contribution in [3.63, 3.8) is 0 Å². The molecule has 0 aliphatic carbocycles. The topological polar surface area (TPSA) is 29.1 Å².